The Morgan fingerprint density at radius 1 is 1.00 bits per heavy atom. The first kappa shape index (κ1) is 14.7. The van der Waals surface area contributed by atoms with Gasteiger partial charge in [-0.05, 0) is 30.0 Å². The lowest BCUT2D eigenvalue weighted by molar-refractivity contribution is -0.117. The summed E-state index contributed by atoms with van der Waals surface area (Å²) in [6.07, 6.45) is 0.856. The van der Waals surface area contributed by atoms with Crippen LogP contribution in [-0.2, 0) is 4.79 Å². The predicted molar refractivity (Wildman–Crippen MR) is 87.4 cm³/mol. The molecular formula is C16H12Cl3NO. The minimum atomic E-state index is -0.0378. The van der Waals surface area contributed by atoms with Crippen molar-refractivity contribution in [3.05, 3.63) is 63.1 Å². The number of halogens is 3. The molecule has 1 aliphatic carbocycles. The molecule has 1 aliphatic rings. The van der Waals surface area contributed by atoms with E-state index in [0.717, 1.165) is 6.42 Å². The highest BCUT2D eigenvalue weighted by Crippen LogP contribution is 2.48. The Hall–Kier alpha value is -1.22. The van der Waals surface area contributed by atoms with E-state index in [1.807, 2.05) is 30.3 Å². The zero-order chi connectivity index (χ0) is 15.0. The first-order valence-electron chi connectivity index (χ1n) is 6.56. The molecule has 0 saturated heterocycles. The van der Waals surface area contributed by atoms with Crippen molar-refractivity contribution in [3.8, 4) is 0 Å². The lowest BCUT2D eigenvalue weighted by Gasteiger charge is -2.08. The maximum atomic E-state index is 12.3. The molecule has 1 N–H and O–H groups in total. The van der Waals surface area contributed by atoms with Gasteiger partial charge in [-0.15, -0.1) is 0 Å². The number of anilines is 1. The Balaban J connectivity index is 1.70. The summed E-state index contributed by atoms with van der Waals surface area (Å²) >= 11 is 17.9. The molecule has 0 bridgehead atoms. The fraction of sp³-hybridized carbons (Fsp3) is 0.188. The first-order chi connectivity index (χ1) is 10.1. The molecule has 108 valence electrons. The number of carbonyl (C=O) groups excluding carboxylic acids is 1. The molecule has 2 aromatic carbocycles. The molecule has 21 heavy (non-hydrogen) atoms. The summed E-state index contributed by atoms with van der Waals surface area (Å²) in [6.45, 7) is 0. The normalized spacial score (nSPS) is 20.1. The van der Waals surface area contributed by atoms with Crippen LogP contribution in [0.3, 0.4) is 0 Å². The van der Waals surface area contributed by atoms with Crippen molar-refractivity contribution in [2.75, 3.05) is 5.32 Å². The van der Waals surface area contributed by atoms with Crippen LogP contribution in [0, 0.1) is 5.92 Å². The van der Waals surface area contributed by atoms with Crippen LogP contribution in [-0.4, -0.2) is 5.91 Å². The lowest BCUT2D eigenvalue weighted by atomic mass is 10.1. The Bertz CT molecular complexity index is 687. The predicted octanol–water partition coefficient (Wildman–Crippen LogP) is 5.39. The van der Waals surface area contributed by atoms with Gasteiger partial charge >= 0.3 is 0 Å². The van der Waals surface area contributed by atoms with Crippen LogP contribution in [0.1, 0.15) is 17.9 Å². The number of hydrogen-bond acceptors (Lipinski definition) is 1. The zero-order valence-electron chi connectivity index (χ0n) is 10.9. The molecular weight excluding hydrogens is 329 g/mol. The van der Waals surface area contributed by atoms with E-state index in [1.54, 1.807) is 6.07 Å². The molecule has 2 atom stereocenters. The smallest absolute Gasteiger partial charge is 0.228 e. The average molecular weight is 341 g/mol. The molecule has 5 heteroatoms. The lowest BCUT2D eigenvalue weighted by Crippen LogP contribution is -2.14. The van der Waals surface area contributed by atoms with Gasteiger partial charge in [-0.3, -0.25) is 4.79 Å². The average Bonchev–Trinajstić information content (AvgIpc) is 3.26. The van der Waals surface area contributed by atoms with E-state index in [-0.39, 0.29) is 17.7 Å². The van der Waals surface area contributed by atoms with Crippen molar-refractivity contribution in [2.24, 2.45) is 5.92 Å². The maximum absolute atomic E-state index is 12.3. The molecule has 0 heterocycles. The quantitative estimate of drug-likeness (QED) is 0.746. The summed E-state index contributed by atoms with van der Waals surface area (Å²) in [5, 5.41) is 3.95. The summed E-state index contributed by atoms with van der Waals surface area (Å²) < 4.78 is 0. The molecule has 0 spiro atoms. The fourth-order valence-corrected chi connectivity index (χ4v) is 2.99. The number of hydrogen-bond donors (Lipinski definition) is 1. The molecule has 0 aromatic heterocycles. The molecule has 1 fully saturated rings. The van der Waals surface area contributed by atoms with Gasteiger partial charge in [-0.1, -0.05) is 65.1 Å². The Kier molecular flexibility index (Phi) is 4.12. The molecule has 2 aromatic rings. The SMILES string of the molecule is O=C(Nc1cc(Cl)c(Cl)cc1Cl)[C@H]1C[C@H]1c1ccccc1. The topological polar surface area (TPSA) is 29.1 Å². The molecule has 1 saturated carbocycles. The summed E-state index contributed by atoms with van der Waals surface area (Å²) in [5.74, 6) is 0.231. The number of carbonyl (C=O) groups is 1. The van der Waals surface area contributed by atoms with E-state index >= 15 is 0 Å². The second-order valence-electron chi connectivity index (χ2n) is 5.09. The highest BCUT2D eigenvalue weighted by atomic mass is 35.5. The number of benzene rings is 2. The molecule has 0 unspecified atom stereocenters. The van der Waals surface area contributed by atoms with Gasteiger partial charge in [0.05, 0.1) is 20.8 Å². The van der Waals surface area contributed by atoms with E-state index < -0.39 is 0 Å². The molecule has 1 amide bonds. The van der Waals surface area contributed by atoms with Crippen LogP contribution in [0.15, 0.2) is 42.5 Å². The summed E-state index contributed by atoms with van der Waals surface area (Å²) in [7, 11) is 0. The molecule has 3 rings (SSSR count). The van der Waals surface area contributed by atoms with Crippen LogP contribution in [0.2, 0.25) is 15.1 Å². The first-order valence-corrected chi connectivity index (χ1v) is 7.70. The van der Waals surface area contributed by atoms with Crippen LogP contribution in [0.4, 0.5) is 5.69 Å². The summed E-state index contributed by atoms with van der Waals surface area (Å²) in [6, 6.07) is 13.1. The van der Waals surface area contributed by atoms with E-state index in [1.165, 1.54) is 11.6 Å². The third-order valence-electron chi connectivity index (χ3n) is 3.62. The van der Waals surface area contributed by atoms with Crippen molar-refractivity contribution < 1.29 is 4.79 Å². The summed E-state index contributed by atoms with van der Waals surface area (Å²) in [4.78, 5) is 12.3. The minimum absolute atomic E-state index is 0.0158. The van der Waals surface area contributed by atoms with Crippen molar-refractivity contribution >= 4 is 46.4 Å². The highest BCUT2D eigenvalue weighted by molar-refractivity contribution is 6.44. The van der Waals surface area contributed by atoms with Crippen molar-refractivity contribution in [1.29, 1.82) is 0 Å². The standard InChI is InChI=1S/C16H12Cl3NO/c17-12-7-14(19)15(8-13(12)18)20-16(21)11-6-10(11)9-4-2-1-3-5-9/h1-5,7-8,10-11H,6H2,(H,20,21)/t10-,11-/m0/s1. The van der Waals surface area contributed by atoms with Crippen LogP contribution in [0.5, 0.6) is 0 Å². The fourth-order valence-electron chi connectivity index (χ4n) is 2.40. The molecule has 0 radical (unpaired) electrons. The third-order valence-corrected chi connectivity index (χ3v) is 4.66. The van der Waals surface area contributed by atoms with Crippen molar-refractivity contribution in [3.63, 3.8) is 0 Å². The van der Waals surface area contributed by atoms with E-state index in [4.69, 9.17) is 34.8 Å². The van der Waals surface area contributed by atoms with E-state index in [2.05, 4.69) is 5.32 Å². The Labute approximate surface area is 138 Å². The monoisotopic (exact) mass is 339 g/mol. The maximum Gasteiger partial charge on any atom is 0.228 e. The third kappa shape index (κ3) is 3.18. The Morgan fingerprint density at radius 3 is 2.38 bits per heavy atom. The van der Waals surface area contributed by atoms with E-state index in [0.29, 0.717) is 20.8 Å². The number of amides is 1. The van der Waals surface area contributed by atoms with Gasteiger partial charge in [0, 0.05) is 5.92 Å². The largest absolute Gasteiger partial charge is 0.324 e. The van der Waals surface area contributed by atoms with Gasteiger partial charge in [-0.25, -0.2) is 0 Å². The number of nitrogens with one attached hydrogen (secondary N) is 1. The molecule has 2 nitrogen and oxygen atoms in total. The Morgan fingerprint density at radius 2 is 1.67 bits per heavy atom. The van der Waals surface area contributed by atoms with Gasteiger partial charge in [0.15, 0.2) is 0 Å². The van der Waals surface area contributed by atoms with Gasteiger partial charge in [0.25, 0.3) is 0 Å². The van der Waals surface area contributed by atoms with Crippen LogP contribution < -0.4 is 5.32 Å². The number of rotatable bonds is 3. The van der Waals surface area contributed by atoms with Crippen molar-refractivity contribution in [1.82, 2.24) is 0 Å². The van der Waals surface area contributed by atoms with Gasteiger partial charge in [-0.2, -0.15) is 0 Å². The molecule has 0 aliphatic heterocycles. The van der Waals surface area contributed by atoms with Gasteiger partial charge in [0.2, 0.25) is 5.91 Å². The van der Waals surface area contributed by atoms with Gasteiger partial charge < -0.3 is 5.32 Å². The summed E-state index contributed by atoms with van der Waals surface area (Å²) in [5.41, 5.74) is 1.69. The van der Waals surface area contributed by atoms with Crippen LogP contribution >= 0.6 is 34.8 Å². The van der Waals surface area contributed by atoms with E-state index in [9.17, 15) is 4.79 Å². The van der Waals surface area contributed by atoms with Crippen LogP contribution in [0.25, 0.3) is 0 Å². The van der Waals surface area contributed by atoms with Gasteiger partial charge in [0.1, 0.15) is 0 Å². The minimum Gasteiger partial charge on any atom is -0.324 e. The second-order valence-corrected chi connectivity index (χ2v) is 6.32. The zero-order valence-corrected chi connectivity index (χ0v) is 13.2. The second kappa shape index (κ2) is 5.88. The van der Waals surface area contributed by atoms with Crippen molar-refractivity contribution in [2.45, 2.75) is 12.3 Å². The highest BCUT2D eigenvalue weighted by Gasteiger charge is 2.43.